The average molecular weight is 400 g/mol. The number of azo groups is 1. The Bertz CT molecular complexity index is 1110. The normalized spacial score (nSPS) is 11.5. The molecule has 7 heteroatoms. The van der Waals surface area contributed by atoms with Crippen LogP contribution in [0.4, 0.5) is 11.4 Å². The highest BCUT2D eigenvalue weighted by Gasteiger charge is 2.11. The van der Waals surface area contributed by atoms with Crippen LogP contribution in [0.1, 0.15) is 0 Å². The number of phenols is 1. The quantitative estimate of drug-likeness (QED) is 0.365. The molecule has 0 bridgehead atoms. The molecule has 4 aromatic rings. The predicted molar refractivity (Wildman–Crippen MR) is 107 cm³/mol. The second-order valence-corrected chi connectivity index (χ2v) is 7.36. The van der Waals surface area contributed by atoms with Crippen LogP contribution >= 0.6 is 34.5 Å². The number of nitrogens with zero attached hydrogens (tertiary/aromatic N) is 3. The van der Waals surface area contributed by atoms with E-state index in [2.05, 4.69) is 15.2 Å². The van der Waals surface area contributed by atoms with Crippen LogP contribution in [0.2, 0.25) is 10.0 Å². The lowest BCUT2D eigenvalue weighted by atomic mass is 10.2. The molecule has 0 aliphatic carbocycles. The zero-order valence-electron chi connectivity index (χ0n) is 13.2. The van der Waals surface area contributed by atoms with Crippen LogP contribution in [0.25, 0.3) is 20.8 Å². The zero-order valence-corrected chi connectivity index (χ0v) is 15.6. The van der Waals surface area contributed by atoms with Crippen LogP contribution in [-0.2, 0) is 0 Å². The summed E-state index contributed by atoms with van der Waals surface area (Å²) in [4.78, 5) is 4.58. The Labute approximate surface area is 163 Å². The first-order chi connectivity index (χ1) is 12.6. The summed E-state index contributed by atoms with van der Waals surface area (Å²) in [6.45, 7) is 0. The fourth-order valence-electron chi connectivity index (χ4n) is 2.42. The third-order valence-electron chi connectivity index (χ3n) is 3.69. The molecule has 0 aliphatic heterocycles. The molecule has 26 heavy (non-hydrogen) atoms. The Hall–Kier alpha value is -2.47. The van der Waals surface area contributed by atoms with E-state index >= 15 is 0 Å². The lowest BCUT2D eigenvalue weighted by molar-refractivity contribution is 0.477. The van der Waals surface area contributed by atoms with Gasteiger partial charge >= 0.3 is 0 Å². The zero-order chi connectivity index (χ0) is 18.1. The summed E-state index contributed by atoms with van der Waals surface area (Å²) in [6, 6.07) is 17.9. The van der Waals surface area contributed by atoms with Gasteiger partial charge in [-0.1, -0.05) is 35.3 Å². The van der Waals surface area contributed by atoms with Gasteiger partial charge < -0.3 is 5.11 Å². The molecule has 0 atom stereocenters. The van der Waals surface area contributed by atoms with Gasteiger partial charge in [0.1, 0.15) is 16.4 Å². The van der Waals surface area contributed by atoms with E-state index in [9.17, 15) is 5.11 Å². The molecule has 0 saturated carbocycles. The maximum Gasteiger partial charge on any atom is 0.128 e. The summed E-state index contributed by atoms with van der Waals surface area (Å²) in [5.74, 6) is 0.146. The van der Waals surface area contributed by atoms with Gasteiger partial charge in [-0.3, -0.25) is 0 Å². The minimum absolute atomic E-state index is 0.146. The van der Waals surface area contributed by atoms with Gasteiger partial charge in [-0.25, -0.2) is 4.98 Å². The average Bonchev–Trinajstić information content (AvgIpc) is 3.06. The third kappa shape index (κ3) is 3.42. The topological polar surface area (TPSA) is 57.8 Å². The summed E-state index contributed by atoms with van der Waals surface area (Å²) >= 11 is 13.5. The third-order valence-corrected chi connectivity index (χ3v) is 5.29. The van der Waals surface area contributed by atoms with Crippen LogP contribution in [0.15, 0.2) is 70.9 Å². The molecule has 4 rings (SSSR count). The highest BCUT2D eigenvalue weighted by molar-refractivity contribution is 7.21. The maximum absolute atomic E-state index is 10.2. The maximum atomic E-state index is 10.2. The molecular weight excluding hydrogens is 389 g/mol. The number of para-hydroxylation sites is 1. The van der Waals surface area contributed by atoms with Crippen LogP contribution in [0.5, 0.6) is 5.75 Å². The van der Waals surface area contributed by atoms with Crippen molar-refractivity contribution in [3.05, 3.63) is 70.7 Å². The molecule has 1 aromatic heterocycles. The van der Waals surface area contributed by atoms with Crippen molar-refractivity contribution in [3.63, 3.8) is 0 Å². The fourth-order valence-corrected chi connectivity index (χ4v) is 3.86. The van der Waals surface area contributed by atoms with Gasteiger partial charge in [0.15, 0.2) is 0 Å². The Morgan fingerprint density at radius 2 is 1.77 bits per heavy atom. The van der Waals surface area contributed by atoms with Crippen LogP contribution in [-0.4, -0.2) is 10.1 Å². The molecule has 0 spiro atoms. The Morgan fingerprint density at radius 3 is 2.58 bits per heavy atom. The van der Waals surface area contributed by atoms with Gasteiger partial charge in [-0.2, -0.15) is 5.11 Å². The molecule has 0 amide bonds. The van der Waals surface area contributed by atoms with Crippen molar-refractivity contribution >= 4 is 56.1 Å². The number of halogens is 2. The Morgan fingerprint density at radius 1 is 0.923 bits per heavy atom. The van der Waals surface area contributed by atoms with E-state index in [0.717, 1.165) is 15.2 Å². The molecule has 4 nitrogen and oxygen atoms in total. The largest absolute Gasteiger partial charge is 0.507 e. The number of hydrogen-bond acceptors (Lipinski definition) is 5. The molecule has 1 heterocycles. The number of aromatic nitrogens is 1. The standard InChI is InChI=1S/C19H11Cl2N3OS/c20-11-5-7-15(14(21)9-11)24-23-12-6-8-17(25)13(10-12)19-22-16-3-1-2-4-18(16)26-19/h1-10,25H. The van der Waals surface area contributed by atoms with E-state index in [0.29, 0.717) is 27.0 Å². The number of thiazole rings is 1. The molecule has 0 fully saturated rings. The summed E-state index contributed by atoms with van der Waals surface area (Å²) in [7, 11) is 0. The number of hydrogen-bond donors (Lipinski definition) is 1. The van der Waals surface area contributed by atoms with Crippen molar-refractivity contribution in [3.8, 4) is 16.3 Å². The van der Waals surface area contributed by atoms with Gasteiger partial charge in [0.25, 0.3) is 0 Å². The summed E-state index contributed by atoms with van der Waals surface area (Å²) in [5, 5.41) is 20.3. The second kappa shape index (κ2) is 7.03. The first-order valence-electron chi connectivity index (χ1n) is 7.66. The van der Waals surface area contributed by atoms with E-state index < -0.39 is 0 Å². The summed E-state index contributed by atoms with van der Waals surface area (Å²) < 4.78 is 1.06. The number of rotatable bonds is 3. The van der Waals surface area contributed by atoms with Gasteiger partial charge in [0.2, 0.25) is 0 Å². The van der Waals surface area contributed by atoms with Crippen molar-refractivity contribution in [1.82, 2.24) is 4.98 Å². The van der Waals surface area contributed by atoms with Crippen molar-refractivity contribution in [2.45, 2.75) is 0 Å². The van der Waals surface area contributed by atoms with E-state index in [1.165, 1.54) is 11.3 Å². The van der Waals surface area contributed by atoms with E-state index in [1.54, 1.807) is 36.4 Å². The first kappa shape index (κ1) is 17.0. The van der Waals surface area contributed by atoms with E-state index in [-0.39, 0.29) is 5.75 Å². The highest BCUT2D eigenvalue weighted by atomic mass is 35.5. The van der Waals surface area contributed by atoms with Crippen molar-refractivity contribution < 1.29 is 5.11 Å². The molecule has 0 unspecified atom stereocenters. The van der Waals surface area contributed by atoms with Crippen LogP contribution in [0, 0.1) is 0 Å². The first-order valence-corrected chi connectivity index (χ1v) is 9.23. The van der Waals surface area contributed by atoms with Gasteiger partial charge in [0, 0.05) is 5.02 Å². The van der Waals surface area contributed by atoms with Crippen LogP contribution < -0.4 is 0 Å². The number of aromatic hydroxyl groups is 1. The number of fused-ring (bicyclic) bond motifs is 1. The van der Waals surface area contributed by atoms with E-state index in [1.807, 2.05) is 24.3 Å². The molecule has 0 saturated heterocycles. The SMILES string of the molecule is Oc1ccc(N=Nc2ccc(Cl)cc2Cl)cc1-c1nc2ccccc2s1. The smallest absolute Gasteiger partial charge is 0.128 e. The van der Waals surface area contributed by atoms with E-state index in [4.69, 9.17) is 23.2 Å². The monoisotopic (exact) mass is 399 g/mol. The minimum Gasteiger partial charge on any atom is -0.507 e. The summed E-state index contributed by atoms with van der Waals surface area (Å²) in [6.07, 6.45) is 0. The second-order valence-electron chi connectivity index (χ2n) is 5.48. The lowest BCUT2D eigenvalue weighted by Gasteiger charge is -2.02. The van der Waals surface area contributed by atoms with Crippen LogP contribution in [0.3, 0.4) is 0 Å². The predicted octanol–water partition coefficient (Wildman–Crippen LogP) is 7.39. The molecule has 1 N–H and O–H groups in total. The molecule has 128 valence electrons. The highest BCUT2D eigenvalue weighted by Crippen LogP contribution is 2.38. The number of benzene rings is 3. The van der Waals surface area contributed by atoms with Crippen molar-refractivity contribution in [2.75, 3.05) is 0 Å². The van der Waals surface area contributed by atoms with Gasteiger partial charge in [-0.05, 0) is 48.5 Å². The fraction of sp³-hybridized carbons (Fsp3) is 0. The van der Waals surface area contributed by atoms with Gasteiger partial charge in [0.05, 0.1) is 26.5 Å². The molecule has 0 radical (unpaired) electrons. The van der Waals surface area contributed by atoms with Gasteiger partial charge in [-0.15, -0.1) is 16.5 Å². The Kier molecular flexibility index (Phi) is 4.59. The minimum atomic E-state index is 0.146. The van der Waals surface area contributed by atoms with Crippen molar-refractivity contribution in [2.24, 2.45) is 10.2 Å². The molecule has 3 aromatic carbocycles. The summed E-state index contributed by atoms with van der Waals surface area (Å²) in [5.41, 5.74) is 2.62. The molecular formula is C19H11Cl2N3OS. The number of phenolic OH excluding ortho intramolecular Hbond substituents is 1. The lowest BCUT2D eigenvalue weighted by Crippen LogP contribution is -1.78. The molecule has 0 aliphatic rings. The van der Waals surface area contributed by atoms with Crippen molar-refractivity contribution in [1.29, 1.82) is 0 Å². The Balaban J connectivity index is 1.71.